The van der Waals surface area contributed by atoms with Crippen LogP contribution in [0.1, 0.15) is 30.1 Å². The Hall–Kier alpha value is -2.15. The molecule has 0 aliphatic heterocycles. The number of hydrogen-bond donors (Lipinski definition) is 2. The van der Waals surface area contributed by atoms with E-state index < -0.39 is 16.9 Å². The van der Waals surface area contributed by atoms with Crippen molar-refractivity contribution < 1.29 is 19.6 Å². The molecule has 0 spiro atoms. The summed E-state index contributed by atoms with van der Waals surface area (Å²) in [5.74, 6) is -0.396. The van der Waals surface area contributed by atoms with Gasteiger partial charge in [-0.2, -0.15) is 0 Å². The molecular weight excluding hydrogens is 264 g/mol. The third-order valence-corrected chi connectivity index (χ3v) is 2.73. The van der Waals surface area contributed by atoms with E-state index in [0.717, 1.165) is 0 Å². The minimum Gasteiger partial charge on any atom is -0.496 e. The molecule has 0 bridgehead atoms. The maximum Gasteiger partial charge on any atom is 0.285 e. The zero-order valence-electron chi connectivity index (χ0n) is 11.5. The van der Waals surface area contributed by atoms with Crippen LogP contribution in [0, 0.1) is 10.1 Å². The molecule has 0 heterocycles. The number of nitrogens with one attached hydrogen (secondary N) is 1. The van der Waals surface area contributed by atoms with Crippen LogP contribution in [0.3, 0.4) is 0 Å². The number of nitro groups is 1. The molecule has 1 unspecified atom stereocenters. The first-order chi connectivity index (χ1) is 9.47. The fourth-order valence-corrected chi connectivity index (χ4v) is 1.76. The summed E-state index contributed by atoms with van der Waals surface area (Å²) < 4.78 is 5.00. The zero-order chi connectivity index (χ0) is 15.1. The molecule has 1 rings (SSSR count). The highest BCUT2D eigenvalue weighted by Crippen LogP contribution is 2.27. The van der Waals surface area contributed by atoms with E-state index in [-0.39, 0.29) is 17.0 Å². The lowest BCUT2D eigenvalue weighted by Gasteiger charge is -2.10. The summed E-state index contributed by atoms with van der Waals surface area (Å²) in [4.78, 5) is 22.4. The monoisotopic (exact) mass is 282 g/mol. The van der Waals surface area contributed by atoms with Gasteiger partial charge < -0.3 is 15.2 Å². The molecular formula is C13H18N2O5. The summed E-state index contributed by atoms with van der Waals surface area (Å²) in [7, 11) is 1.35. The summed E-state index contributed by atoms with van der Waals surface area (Å²) in [6, 6.07) is 4.21. The molecule has 1 aromatic carbocycles. The molecule has 0 saturated heterocycles. The highest BCUT2D eigenvalue weighted by molar-refractivity contribution is 6.00. The van der Waals surface area contributed by atoms with Gasteiger partial charge in [0, 0.05) is 12.6 Å². The second-order valence-electron chi connectivity index (χ2n) is 4.36. The summed E-state index contributed by atoms with van der Waals surface area (Å²) in [6.07, 6.45) is 0.702. The Kier molecular flexibility index (Phi) is 5.92. The van der Waals surface area contributed by atoms with Crippen LogP contribution in [0.2, 0.25) is 0 Å². The third-order valence-electron chi connectivity index (χ3n) is 2.73. The van der Waals surface area contributed by atoms with Crippen molar-refractivity contribution in [2.24, 2.45) is 0 Å². The fourth-order valence-electron chi connectivity index (χ4n) is 1.76. The topological polar surface area (TPSA) is 102 Å². The third kappa shape index (κ3) is 4.20. The molecule has 0 aliphatic rings. The summed E-state index contributed by atoms with van der Waals surface area (Å²) in [5.41, 5.74) is -0.380. The average Bonchev–Trinajstić information content (AvgIpc) is 2.42. The van der Waals surface area contributed by atoms with Gasteiger partial charge in [0.1, 0.15) is 5.75 Å². The van der Waals surface area contributed by atoms with Crippen molar-refractivity contribution in [1.82, 2.24) is 5.32 Å². The van der Waals surface area contributed by atoms with Crippen LogP contribution < -0.4 is 10.1 Å². The number of aliphatic hydroxyl groups is 1. The largest absolute Gasteiger partial charge is 0.496 e. The highest BCUT2D eigenvalue weighted by atomic mass is 16.6. The van der Waals surface area contributed by atoms with Gasteiger partial charge in [-0.25, -0.2) is 0 Å². The van der Waals surface area contributed by atoms with E-state index in [2.05, 4.69) is 5.32 Å². The quantitative estimate of drug-likeness (QED) is 0.448. The number of nitro benzene ring substituents is 1. The number of ether oxygens (including phenoxy) is 1. The van der Waals surface area contributed by atoms with Gasteiger partial charge in [-0.15, -0.1) is 0 Å². The predicted octanol–water partition coefficient (Wildman–Crippen LogP) is 1.49. The van der Waals surface area contributed by atoms with Crippen LogP contribution in [0.5, 0.6) is 5.75 Å². The minimum atomic E-state index is -0.618. The molecule has 0 saturated carbocycles. The maximum atomic E-state index is 12.0. The number of hydrogen-bond acceptors (Lipinski definition) is 5. The number of benzene rings is 1. The molecule has 1 atom stereocenters. The minimum absolute atomic E-state index is 0.0861. The molecule has 0 radical (unpaired) electrons. The van der Waals surface area contributed by atoms with Crippen LogP contribution in [0.4, 0.5) is 5.69 Å². The predicted molar refractivity (Wildman–Crippen MR) is 72.9 cm³/mol. The smallest absolute Gasteiger partial charge is 0.285 e. The number of carbonyl (C=O) groups is 1. The first-order valence-corrected chi connectivity index (χ1v) is 6.25. The zero-order valence-corrected chi connectivity index (χ0v) is 11.5. The Labute approximate surface area is 116 Å². The van der Waals surface area contributed by atoms with Crippen molar-refractivity contribution in [3.05, 3.63) is 33.9 Å². The first-order valence-electron chi connectivity index (χ1n) is 6.25. The Bertz CT molecular complexity index is 488. The Morgan fingerprint density at radius 2 is 2.25 bits per heavy atom. The van der Waals surface area contributed by atoms with Crippen molar-refractivity contribution >= 4 is 11.6 Å². The average molecular weight is 282 g/mol. The highest BCUT2D eigenvalue weighted by Gasteiger charge is 2.24. The first kappa shape index (κ1) is 15.9. The van der Waals surface area contributed by atoms with E-state index >= 15 is 0 Å². The number of aliphatic hydroxyl groups excluding tert-OH is 1. The maximum absolute atomic E-state index is 12.0. The van der Waals surface area contributed by atoms with Crippen molar-refractivity contribution in [2.75, 3.05) is 13.7 Å². The molecule has 7 nitrogen and oxygen atoms in total. The van der Waals surface area contributed by atoms with Gasteiger partial charge in [-0.3, -0.25) is 14.9 Å². The molecule has 110 valence electrons. The molecule has 7 heteroatoms. The van der Waals surface area contributed by atoms with Crippen molar-refractivity contribution in [3.8, 4) is 5.75 Å². The van der Waals surface area contributed by atoms with Gasteiger partial charge >= 0.3 is 0 Å². The molecule has 0 fully saturated rings. The van der Waals surface area contributed by atoms with Gasteiger partial charge in [0.2, 0.25) is 0 Å². The number of rotatable bonds is 7. The van der Waals surface area contributed by atoms with E-state index in [0.29, 0.717) is 19.4 Å². The van der Waals surface area contributed by atoms with Crippen molar-refractivity contribution in [1.29, 1.82) is 0 Å². The molecule has 1 aromatic rings. The van der Waals surface area contributed by atoms with E-state index in [4.69, 9.17) is 9.84 Å². The van der Waals surface area contributed by atoms with Gasteiger partial charge in [-0.05, 0) is 25.8 Å². The van der Waals surface area contributed by atoms with E-state index in [1.165, 1.54) is 25.3 Å². The number of nitrogens with zero attached hydrogens (tertiary/aromatic N) is 1. The fraction of sp³-hybridized carbons (Fsp3) is 0.462. The van der Waals surface area contributed by atoms with Gasteiger partial charge in [0.05, 0.1) is 18.1 Å². The van der Waals surface area contributed by atoms with E-state index in [1.54, 1.807) is 6.92 Å². The SMILES string of the molecule is COc1cccc([N+](=O)[O-])c1C(=O)NCCCC(C)O. The van der Waals surface area contributed by atoms with Crippen molar-refractivity contribution in [3.63, 3.8) is 0 Å². The van der Waals surface area contributed by atoms with Crippen molar-refractivity contribution in [2.45, 2.75) is 25.9 Å². The molecule has 20 heavy (non-hydrogen) atoms. The van der Waals surface area contributed by atoms with Gasteiger partial charge in [0.15, 0.2) is 5.56 Å². The molecule has 0 aromatic heterocycles. The normalized spacial score (nSPS) is 11.8. The summed E-state index contributed by atoms with van der Waals surface area (Å²) >= 11 is 0. The molecule has 1 amide bonds. The number of carbonyl (C=O) groups excluding carboxylic acids is 1. The second kappa shape index (κ2) is 7.44. The standard InChI is InChI=1S/C13H18N2O5/c1-9(16)5-4-8-14-13(17)12-10(15(18)19)6-3-7-11(12)20-2/h3,6-7,9,16H,4-5,8H2,1-2H3,(H,14,17). The van der Waals surface area contributed by atoms with Crippen LogP contribution in [0.25, 0.3) is 0 Å². The van der Waals surface area contributed by atoms with Crippen LogP contribution >= 0.6 is 0 Å². The molecule has 0 aliphatic carbocycles. The Balaban J connectivity index is 2.83. The summed E-state index contributed by atoms with van der Waals surface area (Å²) in [6.45, 7) is 1.99. The Morgan fingerprint density at radius 3 is 2.80 bits per heavy atom. The summed E-state index contributed by atoms with van der Waals surface area (Å²) in [5, 5.41) is 22.7. The number of amides is 1. The molecule has 2 N–H and O–H groups in total. The Morgan fingerprint density at radius 1 is 1.55 bits per heavy atom. The van der Waals surface area contributed by atoms with E-state index in [9.17, 15) is 14.9 Å². The van der Waals surface area contributed by atoms with Gasteiger partial charge in [-0.1, -0.05) is 6.07 Å². The van der Waals surface area contributed by atoms with Crippen LogP contribution in [-0.2, 0) is 0 Å². The lowest BCUT2D eigenvalue weighted by molar-refractivity contribution is -0.385. The van der Waals surface area contributed by atoms with Crippen LogP contribution in [-0.4, -0.2) is 35.7 Å². The van der Waals surface area contributed by atoms with E-state index in [1.807, 2.05) is 0 Å². The number of methoxy groups -OCH3 is 1. The van der Waals surface area contributed by atoms with Gasteiger partial charge in [0.25, 0.3) is 11.6 Å². The lowest BCUT2D eigenvalue weighted by Crippen LogP contribution is -2.26. The van der Waals surface area contributed by atoms with Crippen LogP contribution in [0.15, 0.2) is 18.2 Å². The second-order valence-corrected chi connectivity index (χ2v) is 4.36. The lowest BCUT2D eigenvalue weighted by atomic mass is 10.1.